The molecule has 1 N–H and O–H groups in total. The second kappa shape index (κ2) is 5.74. The number of phenolic OH excluding ortho intramolecular Hbond substituents is 1. The van der Waals surface area contributed by atoms with Gasteiger partial charge in [0.05, 0.1) is 18.5 Å². The van der Waals surface area contributed by atoms with Crippen molar-refractivity contribution < 1.29 is 24.0 Å². The number of hydrogen-bond donors (Lipinski definition) is 1. The summed E-state index contributed by atoms with van der Waals surface area (Å²) in [5.41, 5.74) is 0.687. The quantitative estimate of drug-likeness (QED) is 0.608. The molecule has 5 atom stereocenters. The van der Waals surface area contributed by atoms with Gasteiger partial charge in [0.2, 0.25) is 0 Å². The molecule has 0 radical (unpaired) electrons. The molecule has 5 aliphatic rings. The highest BCUT2D eigenvalue weighted by molar-refractivity contribution is 5.90. The number of benzene rings is 1. The Morgan fingerprint density at radius 2 is 2.17 bits per heavy atom. The third kappa shape index (κ3) is 2.10. The van der Waals surface area contributed by atoms with Crippen LogP contribution in [0.25, 0.3) is 0 Å². The number of likely N-dealkylation sites (tertiary alicyclic amines) is 1. The molecule has 2 saturated carbocycles. The normalized spacial score (nSPS) is 41.8. The highest BCUT2D eigenvalue weighted by Gasteiger charge is 2.77. The summed E-state index contributed by atoms with van der Waals surface area (Å²) in [5, 5.41) is 24.8. The van der Waals surface area contributed by atoms with Crippen molar-refractivity contribution in [3.8, 4) is 11.5 Å². The van der Waals surface area contributed by atoms with Crippen LogP contribution in [-0.2, 0) is 21.4 Å². The molecule has 6 rings (SSSR count). The molecule has 0 aromatic heterocycles. The van der Waals surface area contributed by atoms with E-state index in [0.717, 1.165) is 30.4 Å². The predicted molar refractivity (Wildman–Crippen MR) is 106 cm³/mol. The van der Waals surface area contributed by atoms with E-state index in [1.807, 2.05) is 6.07 Å². The van der Waals surface area contributed by atoms with Gasteiger partial charge in [-0.05, 0) is 37.3 Å². The summed E-state index contributed by atoms with van der Waals surface area (Å²) >= 11 is 0. The number of rotatable bonds is 5. The van der Waals surface area contributed by atoms with Crippen LogP contribution in [0.5, 0.6) is 11.5 Å². The molecule has 1 aromatic rings. The molecule has 2 bridgehead atoms. The second-order valence-corrected chi connectivity index (χ2v) is 9.89. The van der Waals surface area contributed by atoms with Crippen LogP contribution in [0, 0.1) is 11.1 Å². The Morgan fingerprint density at radius 3 is 2.93 bits per heavy atom. The molecule has 1 spiro atoms. The number of Topliss-reactive ketones (excluding diaryl/α,β-unsaturated/α-hetero) is 1. The van der Waals surface area contributed by atoms with Crippen LogP contribution in [0.15, 0.2) is 12.1 Å². The fourth-order valence-corrected chi connectivity index (χ4v) is 7.09. The number of ether oxygens (including phenoxy) is 2. The lowest BCUT2D eigenvalue weighted by Crippen LogP contribution is -2.81. The Labute approximate surface area is 171 Å². The second-order valence-electron chi connectivity index (χ2n) is 9.89. The first-order valence-corrected chi connectivity index (χ1v) is 11.2. The molecule has 3 fully saturated rings. The minimum absolute atomic E-state index is 0.0796. The van der Waals surface area contributed by atoms with Gasteiger partial charge in [0.1, 0.15) is 11.6 Å². The first-order chi connectivity index (χ1) is 14.0. The van der Waals surface area contributed by atoms with Crippen LogP contribution in [0.3, 0.4) is 0 Å². The van der Waals surface area contributed by atoms with Gasteiger partial charge in [0.25, 0.3) is 0 Å². The van der Waals surface area contributed by atoms with Crippen molar-refractivity contribution in [1.82, 2.24) is 0 Å². The molecule has 1 saturated heterocycles. The minimum atomic E-state index is -0.692. The molecule has 6 heteroatoms. The number of ketones is 1. The summed E-state index contributed by atoms with van der Waals surface area (Å²) in [6.07, 6.45) is 4.71. The fourth-order valence-electron chi connectivity index (χ4n) is 7.09. The number of carbonyl (C=O) groups is 1. The highest BCUT2D eigenvalue weighted by atomic mass is 16.6. The van der Waals surface area contributed by atoms with Crippen LogP contribution in [0.4, 0.5) is 0 Å². The zero-order chi connectivity index (χ0) is 20.0. The zero-order valence-electron chi connectivity index (χ0n) is 17.0. The van der Waals surface area contributed by atoms with E-state index in [1.54, 1.807) is 6.07 Å². The Hall–Kier alpha value is -1.63. The molecule has 0 amide bonds. The third-order valence-electron chi connectivity index (χ3n) is 8.38. The number of nitrogens with zero attached hydrogens (tertiary/aromatic N) is 1. The number of carbonyl (C=O) groups excluding carboxylic acids is 1. The molecule has 3 aliphatic carbocycles. The number of piperidine rings is 1. The summed E-state index contributed by atoms with van der Waals surface area (Å²) in [4.78, 5) is 13.1. The lowest BCUT2D eigenvalue weighted by molar-refractivity contribution is -0.924. The van der Waals surface area contributed by atoms with Crippen molar-refractivity contribution in [2.45, 2.75) is 75.0 Å². The lowest BCUT2D eigenvalue weighted by atomic mass is 9.48. The predicted octanol–water partition coefficient (Wildman–Crippen LogP) is 2.97. The monoisotopic (exact) mass is 399 g/mol. The van der Waals surface area contributed by atoms with Crippen LogP contribution in [-0.4, -0.2) is 53.0 Å². The van der Waals surface area contributed by atoms with Crippen LogP contribution >= 0.6 is 0 Å². The maximum Gasteiger partial charge on any atom is 0.174 e. The first kappa shape index (κ1) is 18.2. The van der Waals surface area contributed by atoms with Crippen molar-refractivity contribution in [3.63, 3.8) is 0 Å². The van der Waals surface area contributed by atoms with E-state index in [2.05, 4.69) is 6.92 Å². The number of phenols is 1. The van der Waals surface area contributed by atoms with Crippen molar-refractivity contribution in [1.29, 1.82) is 0 Å². The van der Waals surface area contributed by atoms with Gasteiger partial charge in [-0.25, -0.2) is 0 Å². The standard InChI is InChI=1S/C23H29NO5/c1-2-11-28-23-8-7-17(26)21-22(23)9-10-24(27,13-14-3-4-14)18(23)12-15-5-6-16(25)20(29-21)19(15)22/h5-6,14,18,21,25H,2-4,7-13H2,1H3/t18-,21+,22+,23-,24?/m1/s1. The van der Waals surface area contributed by atoms with Gasteiger partial charge in [0, 0.05) is 37.4 Å². The topological polar surface area (TPSA) is 78.8 Å². The smallest absolute Gasteiger partial charge is 0.174 e. The van der Waals surface area contributed by atoms with E-state index >= 15 is 0 Å². The lowest BCUT2D eigenvalue weighted by Gasteiger charge is -2.68. The molecular formula is C23H29NO5. The van der Waals surface area contributed by atoms with Gasteiger partial charge in [-0.2, -0.15) is 0 Å². The zero-order valence-corrected chi connectivity index (χ0v) is 17.0. The molecule has 29 heavy (non-hydrogen) atoms. The Kier molecular flexibility index (Phi) is 3.60. The van der Waals surface area contributed by atoms with E-state index in [1.165, 1.54) is 0 Å². The third-order valence-corrected chi connectivity index (χ3v) is 8.38. The maximum atomic E-state index is 14.3. The van der Waals surface area contributed by atoms with E-state index in [0.29, 0.717) is 57.0 Å². The molecule has 156 valence electrons. The Bertz CT molecular complexity index is 897. The molecule has 1 unspecified atom stereocenters. The largest absolute Gasteiger partial charge is 0.632 e. The van der Waals surface area contributed by atoms with Gasteiger partial charge in [-0.3, -0.25) is 4.79 Å². The SMILES string of the molecule is CCCO[C@@]12CCC(=O)[C@@H]3Oc4c(O)ccc5c4[C@@]31CC[N+]([O-])(CC1CC1)[C@@H]2C5. The van der Waals surface area contributed by atoms with E-state index in [4.69, 9.17) is 9.47 Å². The van der Waals surface area contributed by atoms with Gasteiger partial charge in [0.15, 0.2) is 23.4 Å². The van der Waals surface area contributed by atoms with Crippen LogP contribution in [0.1, 0.15) is 56.6 Å². The molecular weight excluding hydrogens is 370 g/mol. The number of quaternary nitrogens is 1. The fraction of sp³-hybridized carbons (Fsp3) is 0.696. The average molecular weight is 399 g/mol. The van der Waals surface area contributed by atoms with Gasteiger partial charge < -0.3 is 24.4 Å². The van der Waals surface area contributed by atoms with Gasteiger partial charge in [-0.1, -0.05) is 13.0 Å². The number of aromatic hydroxyl groups is 1. The molecule has 6 nitrogen and oxygen atoms in total. The number of hydrogen-bond acceptors (Lipinski definition) is 5. The van der Waals surface area contributed by atoms with Gasteiger partial charge in [-0.15, -0.1) is 0 Å². The average Bonchev–Trinajstić information content (AvgIpc) is 3.43. The van der Waals surface area contributed by atoms with E-state index in [9.17, 15) is 15.1 Å². The van der Waals surface area contributed by atoms with Crippen LogP contribution in [0.2, 0.25) is 0 Å². The van der Waals surface area contributed by atoms with Crippen molar-refractivity contribution in [2.75, 3.05) is 19.7 Å². The van der Waals surface area contributed by atoms with Crippen molar-refractivity contribution >= 4 is 5.78 Å². The van der Waals surface area contributed by atoms with Crippen molar-refractivity contribution in [2.24, 2.45) is 5.92 Å². The minimum Gasteiger partial charge on any atom is -0.632 e. The Balaban J connectivity index is 1.60. The first-order valence-electron chi connectivity index (χ1n) is 11.2. The van der Waals surface area contributed by atoms with Crippen molar-refractivity contribution in [3.05, 3.63) is 28.5 Å². The van der Waals surface area contributed by atoms with E-state index < -0.39 is 17.1 Å². The van der Waals surface area contributed by atoms with Crippen LogP contribution < -0.4 is 4.74 Å². The summed E-state index contributed by atoms with van der Waals surface area (Å²) < 4.78 is 12.7. The summed E-state index contributed by atoms with van der Waals surface area (Å²) in [5.74, 6) is 1.16. The van der Waals surface area contributed by atoms with Gasteiger partial charge >= 0.3 is 0 Å². The molecule has 2 heterocycles. The summed E-state index contributed by atoms with van der Waals surface area (Å²) in [7, 11) is 0. The number of hydroxylamine groups is 3. The summed E-state index contributed by atoms with van der Waals surface area (Å²) in [6, 6.07) is 3.37. The van der Waals surface area contributed by atoms with E-state index in [-0.39, 0.29) is 22.2 Å². The Morgan fingerprint density at radius 1 is 1.34 bits per heavy atom. The maximum absolute atomic E-state index is 14.3. The highest BCUT2D eigenvalue weighted by Crippen LogP contribution is 2.67. The summed E-state index contributed by atoms with van der Waals surface area (Å²) in [6.45, 7) is 3.82. The molecule has 2 aliphatic heterocycles. The molecule has 1 aromatic carbocycles.